The standard InChI is InChI=1S/C15H22N8/c1-10-9-11(2)23-14(16-10)17-12(19-23)5-6-13-18-15(20-21(13)3)22-7-4-8-22/h9,12,19H,4-8H2,1-3H3. The lowest BCUT2D eigenvalue weighted by Crippen LogP contribution is -2.40. The highest BCUT2D eigenvalue weighted by molar-refractivity contribution is 6.05. The Labute approximate surface area is 135 Å². The predicted molar refractivity (Wildman–Crippen MR) is 89.2 cm³/mol. The highest BCUT2D eigenvalue weighted by Crippen LogP contribution is 2.20. The molecule has 1 atom stereocenters. The number of nitrogens with zero attached hydrogens (tertiary/aromatic N) is 7. The van der Waals surface area contributed by atoms with Gasteiger partial charge in [-0.1, -0.05) is 0 Å². The van der Waals surface area contributed by atoms with Crippen molar-refractivity contribution in [3.63, 3.8) is 0 Å². The van der Waals surface area contributed by atoms with E-state index in [1.807, 2.05) is 23.7 Å². The predicted octanol–water partition coefficient (Wildman–Crippen LogP) is 0.838. The lowest BCUT2D eigenvalue weighted by Gasteiger charge is -2.29. The average Bonchev–Trinajstić information content (AvgIpc) is 2.98. The summed E-state index contributed by atoms with van der Waals surface area (Å²) in [6.07, 6.45) is 5.03. The van der Waals surface area contributed by atoms with Gasteiger partial charge in [0, 0.05) is 38.0 Å². The SMILES string of the molecule is CC1=CC(C)=NC2=NC(CCc3nc(N4CCC4)nn3C)NN12. The van der Waals surface area contributed by atoms with Crippen molar-refractivity contribution < 1.29 is 0 Å². The molecule has 0 spiro atoms. The number of rotatable bonds is 4. The van der Waals surface area contributed by atoms with Gasteiger partial charge in [0.15, 0.2) is 0 Å². The van der Waals surface area contributed by atoms with Crippen LogP contribution in [0.15, 0.2) is 21.8 Å². The fourth-order valence-electron chi connectivity index (χ4n) is 2.99. The first-order valence-corrected chi connectivity index (χ1v) is 8.13. The second-order valence-electron chi connectivity index (χ2n) is 6.28. The maximum absolute atomic E-state index is 4.66. The fourth-order valence-corrected chi connectivity index (χ4v) is 2.99. The highest BCUT2D eigenvalue weighted by atomic mass is 15.6. The molecular weight excluding hydrogens is 292 g/mol. The monoisotopic (exact) mass is 314 g/mol. The zero-order valence-corrected chi connectivity index (χ0v) is 13.8. The van der Waals surface area contributed by atoms with E-state index < -0.39 is 0 Å². The average molecular weight is 314 g/mol. The summed E-state index contributed by atoms with van der Waals surface area (Å²) in [5.74, 6) is 2.62. The first-order chi connectivity index (χ1) is 11.1. The summed E-state index contributed by atoms with van der Waals surface area (Å²) in [7, 11) is 1.96. The molecule has 4 rings (SSSR count). The van der Waals surface area contributed by atoms with Crippen LogP contribution < -0.4 is 10.3 Å². The maximum atomic E-state index is 4.66. The highest BCUT2D eigenvalue weighted by Gasteiger charge is 2.28. The summed E-state index contributed by atoms with van der Waals surface area (Å²) < 4.78 is 1.89. The molecule has 0 amide bonds. The molecule has 0 radical (unpaired) electrons. The van der Waals surface area contributed by atoms with Crippen molar-refractivity contribution in [2.45, 2.75) is 39.3 Å². The number of fused-ring (bicyclic) bond motifs is 1. The van der Waals surface area contributed by atoms with Gasteiger partial charge in [-0.2, -0.15) is 4.98 Å². The largest absolute Gasteiger partial charge is 0.339 e. The number of anilines is 1. The molecule has 0 aromatic carbocycles. The van der Waals surface area contributed by atoms with Crippen LogP contribution in [-0.4, -0.2) is 50.7 Å². The van der Waals surface area contributed by atoms with E-state index in [-0.39, 0.29) is 6.17 Å². The van der Waals surface area contributed by atoms with Crippen molar-refractivity contribution >= 4 is 17.6 Å². The molecule has 23 heavy (non-hydrogen) atoms. The van der Waals surface area contributed by atoms with Crippen molar-refractivity contribution in [3.8, 4) is 0 Å². The fraction of sp³-hybridized carbons (Fsp3) is 0.600. The Morgan fingerprint density at radius 2 is 2.13 bits per heavy atom. The van der Waals surface area contributed by atoms with Crippen LogP contribution in [0.5, 0.6) is 0 Å². The van der Waals surface area contributed by atoms with Crippen molar-refractivity contribution in [3.05, 3.63) is 17.6 Å². The molecule has 0 bridgehead atoms. The van der Waals surface area contributed by atoms with Crippen LogP contribution in [0.3, 0.4) is 0 Å². The van der Waals surface area contributed by atoms with E-state index in [0.29, 0.717) is 0 Å². The number of aliphatic imine (C=N–C) groups is 2. The Morgan fingerprint density at radius 1 is 1.30 bits per heavy atom. The van der Waals surface area contributed by atoms with Gasteiger partial charge in [-0.15, -0.1) is 5.10 Å². The Hall–Kier alpha value is -2.22. The molecule has 4 heterocycles. The molecular formula is C15H22N8. The summed E-state index contributed by atoms with van der Waals surface area (Å²) in [5.41, 5.74) is 5.51. The summed E-state index contributed by atoms with van der Waals surface area (Å²) in [6.45, 7) is 6.19. The van der Waals surface area contributed by atoms with Crippen LogP contribution in [-0.2, 0) is 13.5 Å². The normalized spacial score (nSPS) is 23.3. The second kappa shape index (κ2) is 5.45. The molecule has 3 aliphatic rings. The van der Waals surface area contributed by atoms with Gasteiger partial charge in [-0.3, -0.25) is 4.68 Å². The number of hydrogen-bond acceptors (Lipinski definition) is 7. The van der Waals surface area contributed by atoms with Gasteiger partial charge < -0.3 is 4.90 Å². The Morgan fingerprint density at radius 3 is 2.87 bits per heavy atom. The van der Waals surface area contributed by atoms with Crippen LogP contribution >= 0.6 is 0 Å². The number of hydrazine groups is 1. The first kappa shape index (κ1) is 14.4. The number of hydrogen-bond donors (Lipinski definition) is 1. The molecule has 1 aromatic rings. The Kier molecular flexibility index (Phi) is 3.41. The van der Waals surface area contributed by atoms with E-state index in [9.17, 15) is 0 Å². The van der Waals surface area contributed by atoms with Gasteiger partial charge in [0.2, 0.25) is 11.9 Å². The first-order valence-electron chi connectivity index (χ1n) is 8.13. The topological polar surface area (TPSA) is 73.9 Å². The van der Waals surface area contributed by atoms with Gasteiger partial charge in [0.1, 0.15) is 12.0 Å². The van der Waals surface area contributed by atoms with Gasteiger partial charge in [0.05, 0.1) is 0 Å². The molecule has 1 fully saturated rings. The third-order valence-corrected chi connectivity index (χ3v) is 4.42. The zero-order chi connectivity index (χ0) is 16.0. The zero-order valence-electron chi connectivity index (χ0n) is 13.8. The number of allylic oxidation sites excluding steroid dienone is 2. The summed E-state index contributed by atoms with van der Waals surface area (Å²) >= 11 is 0. The Balaban J connectivity index is 1.41. The minimum atomic E-state index is 0.0344. The van der Waals surface area contributed by atoms with Crippen LogP contribution in [0.1, 0.15) is 32.5 Å². The summed E-state index contributed by atoms with van der Waals surface area (Å²) in [4.78, 5) is 16.0. The van der Waals surface area contributed by atoms with E-state index in [2.05, 4.69) is 43.4 Å². The molecule has 0 saturated carbocycles. The van der Waals surface area contributed by atoms with E-state index in [0.717, 1.165) is 55.1 Å². The molecule has 8 nitrogen and oxygen atoms in total. The number of aromatic nitrogens is 3. The molecule has 1 saturated heterocycles. The van der Waals surface area contributed by atoms with Crippen LogP contribution in [0.25, 0.3) is 0 Å². The third-order valence-electron chi connectivity index (χ3n) is 4.42. The number of guanidine groups is 1. The molecule has 0 aliphatic carbocycles. The van der Waals surface area contributed by atoms with E-state index in [4.69, 9.17) is 0 Å². The molecule has 8 heteroatoms. The summed E-state index contributed by atoms with van der Waals surface area (Å²) in [5, 5.41) is 6.46. The minimum Gasteiger partial charge on any atom is -0.339 e. The number of nitrogens with one attached hydrogen (secondary N) is 1. The molecule has 1 N–H and O–H groups in total. The van der Waals surface area contributed by atoms with Crippen LogP contribution in [0.2, 0.25) is 0 Å². The second-order valence-corrected chi connectivity index (χ2v) is 6.28. The summed E-state index contributed by atoms with van der Waals surface area (Å²) in [6, 6.07) is 0. The molecule has 1 aromatic heterocycles. The van der Waals surface area contributed by atoms with Crippen molar-refractivity contribution in [1.29, 1.82) is 0 Å². The lowest BCUT2D eigenvalue weighted by molar-refractivity contribution is 0.341. The van der Waals surface area contributed by atoms with Gasteiger partial charge >= 0.3 is 0 Å². The molecule has 1 unspecified atom stereocenters. The van der Waals surface area contributed by atoms with E-state index in [1.165, 1.54) is 6.42 Å². The van der Waals surface area contributed by atoms with E-state index in [1.54, 1.807) is 0 Å². The smallest absolute Gasteiger partial charge is 0.244 e. The van der Waals surface area contributed by atoms with Gasteiger partial charge in [-0.05, 0) is 32.8 Å². The molecule has 3 aliphatic heterocycles. The third kappa shape index (κ3) is 2.63. The minimum absolute atomic E-state index is 0.0344. The van der Waals surface area contributed by atoms with Gasteiger partial charge in [-0.25, -0.2) is 20.4 Å². The Bertz CT molecular complexity index is 709. The van der Waals surface area contributed by atoms with Crippen molar-refractivity contribution in [2.75, 3.05) is 18.0 Å². The van der Waals surface area contributed by atoms with Crippen LogP contribution in [0.4, 0.5) is 5.95 Å². The van der Waals surface area contributed by atoms with Crippen molar-refractivity contribution in [1.82, 2.24) is 25.2 Å². The number of aryl methyl sites for hydroxylation is 2. The molecule has 122 valence electrons. The quantitative estimate of drug-likeness (QED) is 0.891. The maximum Gasteiger partial charge on any atom is 0.244 e. The van der Waals surface area contributed by atoms with Crippen LogP contribution in [0, 0.1) is 0 Å². The van der Waals surface area contributed by atoms with E-state index >= 15 is 0 Å². The lowest BCUT2D eigenvalue weighted by atomic mass is 10.2. The van der Waals surface area contributed by atoms with Gasteiger partial charge in [0.25, 0.3) is 0 Å². The van der Waals surface area contributed by atoms with Crippen molar-refractivity contribution in [2.24, 2.45) is 17.0 Å².